The average molecular weight is 363 g/mol. The van der Waals surface area contributed by atoms with Crippen LogP contribution in [0.3, 0.4) is 0 Å². The van der Waals surface area contributed by atoms with Crippen molar-refractivity contribution >= 4 is 6.09 Å². The average Bonchev–Trinajstić information content (AvgIpc) is 2.50. The summed E-state index contributed by atoms with van der Waals surface area (Å²) in [4.78, 5) is 14.3. The Balaban J connectivity index is 1.91. The Hall–Kier alpha value is -1.75. The number of hydrogen-bond donors (Lipinski definition) is 2. The molecule has 1 fully saturated rings. The number of aromatic hydroxyl groups is 1. The SMILES string of the molecule is Cc1ccc(C(C)C)c(O)c1CN1CCC(NC(=O)OC(C)(C)C)CC1. The number of carbonyl (C=O) groups excluding carboxylic acids is 1. The second kappa shape index (κ2) is 8.30. The first-order valence-electron chi connectivity index (χ1n) is 9.60. The number of nitrogens with one attached hydrogen (secondary N) is 1. The van der Waals surface area contributed by atoms with Gasteiger partial charge in [-0.1, -0.05) is 26.0 Å². The number of rotatable bonds is 4. The summed E-state index contributed by atoms with van der Waals surface area (Å²) in [5.41, 5.74) is 2.68. The number of phenolic OH excluding ortho intramolecular Hbond substituents is 1. The van der Waals surface area contributed by atoms with Crippen LogP contribution in [-0.2, 0) is 11.3 Å². The van der Waals surface area contributed by atoms with Gasteiger partial charge < -0.3 is 15.2 Å². The van der Waals surface area contributed by atoms with Gasteiger partial charge in [-0.05, 0) is 57.6 Å². The first-order chi connectivity index (χ1) is 12.1. The van der Waals surface area contributed by atoms with E-state index in [1.54, 1.807) is 0 Å². The van der Waals surface area contributed by atoms with Gasteiger partial charge in [0.25, 0.3) is 0 Å². The highest BCUT2D eigenvalue weighted by Crippen LogP contribution is 2.32. The summed E-state index contributed by atoms with van der Waals surface area (Å²) < 4.78 is 5.33. The smallest absolute Gasteiger partial charge is 0.407 e. The van der Waals surface area contributed by atoms with Crippen LogP contribution in [0, 0.1) is 6.92 Å². The van der Waals surface area contributed by atoms with Gasteiger partial charge in [-0.25, -0.2) is 4.79 Å². The molecule has 0 saturated carbocycles. The number of benzene rings is 1. The summed E-state index contributed by atoms with van der Waals surface area (Å²) in [6.07, 6.45) is 1.44. The third kappa shape index (κ3) is 5.63. The van der Waals surface area contributed by atoms with E-state index in [0.29, 0.717) is 11.7 Å². The molecule has 1 aliphatic rings. The number of ether oxygens (including phenoxy) is 1. The largest absolute Gasteiger partial charge is 0.507 e. The van der Waals surface area contributed by atoms with E-state index >= 15 is 0 Å². The molecule has 2 N–H and O–H groups in total. The zero-order valence-electron chi connectivity index (χ0n) is 17.1. The van der Waals surface area contributed by atoms with E-state index in [-0.39, 0.29) is 12.1 Å². The number of hydrogen-bond acceptors (Lipinski definition) is 4. The van der Waals surface area contributed by atoms with Crippen LogP contribution in [0.5, 0.6) is 5.75 Å². The zero-order valence-corrected chi connectivity index (χ0v) is 17.1. The Labute approximate surface area is 157 Å². The molecule has 1 heterocycles. The summed E-state index contributed by atoms with van der Waals surface area (Å²) in [6.45, 7) is 14.4. The summed E-state index contributed by atoms with van der Waals surface area (Å²) >= 11 is 0. The van der Waals surface area contributed by atoms with Crippen molar-refractivity contribution in [1.29, 1.82) is 0 Å². The number of carbonyl (C=O) groups is 1. The van der Waals surface area contributed by atoms with Crippen LogP contribution in [0.4, 0.5) is 4.79 Å². The topological polar surface area (TPSA) is 61.8 Å². The van der Waals surface area contributed by atoms with Crippen molar-refractivity contribution in [1.82, 2.24) is 10.2 Å². The molecule has 0 aromatic heterocycles. The summed E-state index contributed by atoms with van der Waals surface area (Å²) in [7, 11) is 0. The molecular formula is C21H34N2O3. The van der Waals surface area contributed by atoms with E-state index in [9.17, 15) is 9.90 Å². The lowest BCUT2D eigenvalue weighted by Gasteiger charge is -2.33. The van der Waals surface area contributed by atoms with Gasteiger partial charge in [0.2, 0.25) is 0 Å². The van der Waals surface area contributed by atoms with Crippen LogP contribution in [0.2, 0.25) is 0 Å². The standard InChI is InChI=1S/C21H34N2O3/c1-14(2)17-8-7-15(3)18(19(17)24)13-23-11-9-16(10-12-23)22-20(25)26-21(4,5)6/h7-8,14,16,24H,9-13H2,1-6H3,(H,22,25). The first kappa shape index (κ1) is 20.6. The van der Waals surface area contributed by atoms with Crippen LogP contribution < -0.4 is 5.32 Å². The highest BCUT2D eigenvalue weighted by molar-refractivity contribution is 5.68. The van der Waals surface area contributed by atoms with Crippen molar-refractivity contribution < 1.29 is 14.6 Å². The van der Waals surface area contributed by atoms with Gasteiger partial charge >= 0.3 is 6.09 Å². The Morgan fingerprint density at radius 1 is 1.31 bits per heavy atom. The van der Waals surface area contributed by atoms with Crippen molar-refractivity contribution in [2.24, 2.45) is 0 Å². The van der Waals surface area contributed by atoms with Crippen LogP contribution >= 0.6 is 0 Å². The van der Waals surface area contributed by atoms with Gasteiger partial charge in [0.05, 0.1) is 0 Å². The summed E-state index contributed by atoms with van der Waals surface area (Å²) in [5.74, 6) is 0.743. The Morgan fingerprint density at radius 2 is 1.92 bits per heavy atom. The molecule has 0 unspecified atom stereocenters. The van der Waals surface area contributed by atoms with Gasteiger partial charge in [0.1, 0.15) is 11.4 Å². The number of likely N-dealkylation sites (tertiary alicyclic amines) is 1. The minimum absolute atomic E-state index is 0.151. The third-order valence-electron chi connectivity index (χ3n) is 4.86. The van der Waals surface area contributed by atoms with E-state index < -0.39 is 5.60 Å². The molecular weight excluding hydrogens is 328 g/mol. The molecule has 0 atom stereocenters. The van der Waals surface area contributed by atoms with Gasteiger partial charge in [-0.3, -0.25) is 4.90 Å². The van der Waals surface area contributed by atoms with Crippen LogP contribution in [-0.4, -0.2) is 40.8 Å². The number of aryl methyl sites for hydroxylation is 1. The van der Waals surface area contributed by atoms with Gasteiger partial charge in [0.15, 0.2) is 0 Å². The molecule has 5 heteroatoms. The normalized spacial score (nSPS) is 16.7. The molecule has 2 rings (SSSR count). The fourth-order valence-corrected chi connectivity index (χ4v) is 3.35. The van der Waals surface area contributed by atoms with Crippen molar-refractivity contribution in [2.75, 3.05) is 13.1 Å². The minimum Gasteiger partial charge on any atom is -0.507 e. The second-order valence-electron chi connectivity index (χ2n) is 8.65. The molecule has 1 saturated heterocycles. The third-order valence-corrected chi connectivity index (χ3v) is 4.86. The predicted molar refractivity (Wildman–Crippen MR) is 105 cm³/mol. The Bertz CT molecular complexity index is 627. The van der Waals surface area contributed by atoms with Gasteiger partial charge in [-0.2, -0.15) is 0 Å². The molecule has 5 nitrogen and oxygen atoms in total. The fourth-order valence-electron chi connectivity index (χ4n) is 3.35. The molecule has 1 amide bonds. The quantitative estimate of drug-likeness (QED) is 0.838. The Morgan fingerprint density at radius 3 is 2.46 bits per heavy atom. The van der Waals surface area contributed by atoms with Crippen LogP contribution in [0.15, 0.2) is 12.1 Å². The second-order valence-corrected chi connectivity index (χ2v) is 8.65. The molecule has 0 radical (unpaired) electrons. The fraction of sp³-hybridized carbons (Fsp3) is 0.667. The summed E-state index contributed by atoms with van der Waals surface area (Å²) in [6, 6.07) is 4.27. The molecule has 146 valence electrons. The number of nitrogens with zero attached hydrogens (tertiary/aromatic N) is 1. The summed E-state index contributed by atoms with van der Waals surface area (Å²) in [5, 5.41) is 13.6. The molecule has 0 bridgehead atoms. The van der Waals surface area contributed by atoms with Crippen LogP contribution in [0.25, 0.3) is 0 Å². The van der Waals surface area contributed by atoms with E-state index in [2.05, 4.69) is 37.1 Å². The van der Waals surface area contributed by atoms with E-state index in [0.717, 1.165) is 49.2 Å². The lowest BCUT2D eigenvalue weighted by molar-refractivity contribution is 0.0477. The minimum atomic E-state index is -0.471. The number of phenols is 1. The Kier molecular flexibility index (Phi) is 6.56. The maximum Gasteiger partial charge on any atom is 0.407 e. The van der Waals surface area contributed by atoms with E-state index in [4.69, 9.17) is 4.74 Å². The van der Waals surface area contributed by atoms with Crippen LogP contribution in [0.1, 0.15) is 70.1 Å². The molecule has 1 aliphatic heterocycles. The van der Waals surface area contributed by atoms with Crippen molar-refractivity contribution in [3.05, 3.63) is 28.8 Å². The highest BCUT2D eigenvalue weighted by atomic mass is 16.6. The van der Waals surface area contributed by atoms with E-state index in [1.807, 2.05) is 26.8 Å². The molecule has 0 aliphatic carbocycles. The van der Waals surface area contributed by atoms with Crippen molar-refractivity contribution in [2.45, 2.75) is 78.5 Å². The molecule has 26 heavy (non-hydrogen) atoms. The van der Waals surface area contributed by atoms with Gasteiger partial charge in [-0.15, -0.1) is 0 Å². The zero-order chi connectivity index (χ0) is 19.5. The predicted octanol–water partition coefficient (Wildman–Crippen LogP) is 4.31. The maximum atomic E-state index is 11.9. The number of piperidine rings is 1. The first-order valence-corrected chi connectivity index (χ1v) is 9.60. The lowest BCUT2D eigenvalue weighted by atomic mass is 9.95. The van der Waals surface area contributed by atoms with E-state index in [1.165, 1.54) is 0 Å². The lowest BCUT2D eigenvalue weighted by Crippen LogP contribution is -2.45. The monoisotopic (exact) mass is 362 g/mol. The maximum absolute atomic E-state index is 11.9. The molecule has 0 spiro atoms. The molecule has 1 aromatic carbocycles. The van der Waals surface area contributed by atoms with Gasteiger partial charge in [0, 0.05) is 31.2 Å². The highest BCUT2D eigenvalue weighted by Gasteiger charge is 2.24. The number of alkyl carbamates (subject to hydrolysis) is 1. The van der Waals surface area contributed by atoms with Crippen molar-refractivity contribution in [3.63, 3.8) is 0 Å². The van der Waals surface area contributed by atoms with Crippen molar-refractivity contribution in [3.8, 4) is 5.75 Å². The number of amides is 1. The molecule has 1 aromatic rings.